The van der Waals surface area contributed by atoms with Crippen LogP contribution in [0.4, 0.5) is 0 Å². The molecule has 0 saturated carbocycles. The summed E-state index contributed by atoms with van der Waals surface area (Å²) < 4.78 is 9.69. The van der Waals surface area contributed by atoms with Crippen molar-refractivity contribution < 1.29 is 19.1 Å². The SMILES string of the molecule is CCOC(=O)Cc1c(C#N)csc1C(=O)OCC. The smallest absolute Gasteiger partial charge is 0.348 e. The van der Waals surface area contributed by atoms with E-state index in [1.165, 1.54) is 0 Å². The number of carbonyl (C=O) groups is 2. The van der Waals surface area contributed by atoms with Crippen molar-refractivity contribution in [3.63, 3.8) is 0 Å². The lowest BCUT2D eigenvalue weighted by Crippen LogP contribution is -2.12. The Morgan fingerprint density at radius 1 is 1.33 bits per heavy atom. The zero-order valence-corrected chi connectivity index (χ0v) is 11.0. The van der Waals surface area contributed by atoms with Gasteiger partial charge in [-0.15, -0.1) is 11.3 Å². The summed E-state index contributed by atoms with van der Waals surface area (Å²) in [5.74, 6) is -0.971. The predicted octanol–water partition coefficient (Wildman–Crippen LogP) is 1.90. The Bertz CT molecular complexity index is 487. The lowest BCUT2D eigenvalue weighted by molar-refractivity contribution is -0.142. The van der Waals surface area contributed by atoms with Gasteiger partial charge in [0.05, 0.1) is 25.2 Å². The van der Waals surface area contributed by atoms with Crippen LogP contribution in [0.3, 0.4) is 0 Å². The van der Waals surface area contributed by atoms with E-state index in [9.17, 15) is 9.59 Å². The number of hydrogen-bond acceptors (Lipinski definition) is 6. The van der Waals surface area contributed by atoms with Crippen molar-refractivity contribution in [1.29, 1.82) is 5.26 Å². The molecule has 5 nitrogen and oxygen atoms in total. The molecule has 96 valence electrons. The summed E-state index contributed by atoms with van der Waals surface area (Å²) in [6.45, 7) is 3.90. The lowest BCUT2D eigenvalue weighted by atomic mass is 10.1. The summed E-state index contributed by atoms with van der Waals surface area (Å²) in [6.07, 6.45) is -0.0889. The molecule has 0 radical (unpaired) electrons. The second-order valence-electron chi connectivity index (χ2n) is 3.27. The Labute approximate surface area is 109 Å². The van der Waals surface area contributed by atoms with E-state index in [0.717, 1.165) is 11.3 Å². The molecule has 1 aromatic rings. The Morgan fingerprint density at radius 2 is 2.00 bits per heavy atom. The molecule has 0 bridgehead atoms. The molecule has 0 amide bonds. The minimum Gasteiger partial charge on any atom is -0.466 e. The van der Waals surface area contributed by atoms with Gasteiger partial charge < -0.3 is 9.47 Å². The lowest BCUT2D eigenvalue weighted by Gasteiger charge is -2.04. The fraction of sp³-hybridized carbons (Fsp3) is 0.417. The molecular formula is C12H13NO4S. The number of hydrogen-bond donors (Lipinski definition) is 0. The Balaban J connectivity index is 2.99. The Kier molecular flexibility index (Phi) is 5.33. The van der Waals surface area contributed by atoms with E-state index in [-0.39, 0.29) is 19.6 Å². The first-order valence-corrected chi connectivity index (χ1v) is 6.35. The fourth-order valence-corrected chi connectivity index (χ4v) is 2.29. The van der Waals surface area contributed by atoms with Crippen LogP contribution in [-0.4, -0.2) is 25.2 Å². The summed E-state index contributed by atoms with van der Waals surface area (Å²) in [5, 5.41) is 10.5. The average Bonchev–Trinajstić information content (AvgIpc) is 2.72. The predicted molar refractivity (Wildman–Crippen MR) is 65.3 cm³/mol. The number of nitriles is 1. The first-order valence-electron chi connectivity index (χ1n) is 5.47. The van der Waals surface area contributed by atoms with E-state index >= 15 is 0 Å². The number of rotatable bonds is 5. The first-order chi connectivity index (χ1) is 8.63. The summed E-state index contributed by atoms with van der Waals surface area (Å²) in [4.78, 5) is 23.4. The van der Waals surface area contributed by atoms with Gasteiger partial charge in [0.2, 0.25) is 0 Å². The van der Waals surface area contributed by atoms with Gasteiger partial charge in [-0.1, -0.05) is 0 Å². The molecule has 0 aliphatic rings. The van der Waals surface area contributed by atoms with E-state index in [0.29, 0.717) is 16.0 Å². The molecule has 0 N–H and O–H groups in total. The van der Waals surface area contributed by atoms with E-state index < -0.39 is 11.9 Å². The normalized spacial score (nSPS) is 9.61. The second kappa shape index (κ2) is 6.77. The maximum Gasteiger partial charge on any atom is 0.348 e. The van der Waals surface area contributed by atoms with Gasteiger partial charge in [0.15, 0.2) is 0 Å². The third-order valence-electron chi connectivity index (χ3n) is 2.10. The first kappa shape index (κ1) is 14.2. The van der Waals surface area contributed by atoms with Crippen molar-refractivity contribution in [3.05, 3.63) is 21.4 Å². The van der Waals surface area contributed by atoms with E-state index in [1.807, 2.05) is 6.07 Å². The molecule has 18 heavy (non-hydrogen) atoms. The van der Waals surface area contributed by atoms with Crippen LogP contribution in [0.2, 0.25) is 0 Å². The topological polar surface area (TPSA) is 76.4 Å². The highest BCUT2D eigenvalue weighted by molar-refractivity contribution is 7.12. The van der Waals surface area contributed by atoms with E-state index in [4.69, 9.17) is 14.7 Å². The van der Waals surface area contributed by atoms with Crippen LogP contribution in [0, 0.1) is 11.3 Å². The van der Waals surface area contributed by atoms with Crippen molar-refractivity contribution >= 4 is 23.3 Å². The molecule has 0 unspecified atom stereocenters. The highest BCUT2D eigenvalue weighted by Gasteiger charge is 2.21. The van der Waals surface area contributed by atoms with Gasteiger partial charge in [-0.25, -0.2) is 4.79 Å². The molecule has 1 heterocycles. The van der Waals surface area contributed by atoms with Gasteiger partial charge in [-0.2, -0.15) is 5.26 Å². The van der Waals surface area contributed by atoms with Crippen LogP contribution >= 0.6 is 11.3 Å². The summed E-state index contributed by atoms with van der Waals surface area (Å²) in [7, 11) is 0. The molecule has 0 aliphatic heterocycles. The van der Waals surface area contributed by atoms with Crippen LogP contribution in [0.25, 0.3) is 0 Å². The Hall–Kier alpha value is -1.87. The van der Waals surface area contributed by atoms with E-state index in [1.54, 1.807) is 19.2 Å². The van der Waals surface area contributed by atoms with Crippen molar-refractivity contribution in [1.82, 2.24) is 0 Å². The largest absolute Gasteiger partial charge is 0.466 e. The standard InChI is InChI=1S/C12H13NO4S/c1-3-16-10(14)5-9-8(6-13)7-18-11(9)12(15)17-4-2/h7H,3-5H2,1-2H3. The molecule has 0 saturated heterocycles. The molecule has 6 heteroatoms. The maximum absolute atomic E-state index is 11.7. The average molecular weight is 267 g/mol. The van der Waals surface area contributed by atoms with Crippen LogP contribution in [0.5, 0.6) is 0 Å². The van der Waals surface area contributed by atoms with E-state index in [2.05, 4.69) is 0 Å². The van der Waals surface area contributed by atoms with Crippen molar-refractivity contribution in [3.8, 4) is 6.07 Å². The third-order valence-corrected chi connectivity index (χ3v) is 3.10. The van der Waals surface area contributed by atoms with Gasteiger partial charge in [-0.3, -0.25) is 4.79 Å². The monoisotopic (exact) mass is 267 g/mol. The highest BCUT2D eigenvalue weighted by Crippen LogP contribution is 2.24. The van der Waals surface area contributed by atoms with Gasteiger partial charge in [0.25, 0.3) is 0 Å². The molecular weight excluding hydrogens is 254 g/mol. The summed E-state index contributed by atoms with van der Waals surface area (Å²) in [5.41, 5.74) is 0.704. The van der Waals surface area contributed by atoms with Gasteiger partial charge in [-0.05, 0) is 13.8 Å². The zero-order chi connectivity index (χ0) is 13.5. The van der Waals surface area contributed by atoms with Crippen LogP contribution in [-0.2, 0) is 20.7 Å². The van der Waals surface area contributed by atoms with Crippen molar-refractivity contribution in [2.45, 2.75) is 20.3 Å². The Morgan fingerprint density at radius 3 is 2.56 bits per heavy atom. The van der Waals surface area contributed by atoms with Gasteiger partial charge in [0.1, 0.15) is 10.9 Å². The van der Waals surface area contributed by atoms with Crippen LogP contribution < -0.4 is 0 Å². The van der Waals surface area contributed by atoms with Gasteiger partial charge in [0, 0.05) is 10.9 Å². The quantitative estimate of drug-likeness (QED) is 0.761. The minimum absolute atomic E-state index is 0.0889. The van der Waals surface area contributed by atoms with Crippen LogP contribution in [0.1, 0.15) is 34.6 Å². The molecule has 0 atom stereocenters. The highest BCUT2D eigenvalue weighted by atomic mass is 32.1. The molecule has 0 aliphatic carbocycles. The number of thiophene rings is 1. The third kappa shape index (κ3) is 3.31. The number of esters is 2. The number of ether oxygens (including phenoxy) is 2. The molecule has 0 fully saturated rings. The number of carbonyl (C=O) groups excluding carboxylic acids is 2. The molecule has 1 rings (SSSR count). The second-order valence-corrected chi connectivity index (χ2v) is 4.15. The summed E-state index contributed by atoms with van der Waals surface area (Å²) in [6, 6.07) is 1.96. The zero-order valence-electron chi connectivity index (χ0n) is 10.2. The maximum atomic E-state index is 11.7. The number of nitrogens with zero attached hydrogens (tertiary/aromatic N) is 1. The van der Waals surface area contributed by atoms with Crippen LogP contribution in [0.15, 0.2) is 5.38 Å². The summed E-state index contributed by atoms with van der Waals surface area (Å²) >= 11 is 1.10. The fourth-order valence-electron chi connectivity index (χ4n) is 1.38. The minimum atomic E-state index is -0.511. The van der Waals surface area contributed by atoms with Crippen molar-refractivity contribution in [2.24, 2.45) is 0 Å². The molecule has 0 spiro atoms. The van der Waals surface area contributed by atoms with Crippen molar-refractivity contribution in [2.75, 3.05) is 13.2 Å². The van der Waals surface area contributed by atoms with Gasteiger partial charge >= 0.3 is 11.9 Å². The molecule has 0 aromatic carbocycles. The molecule has 1 aromatic heterocycles.